The van der Waals surface area contributed by atoms with Gasteiger partial charge in [0.2, 0.25) is 0 Å². The van der Waals surface area contributed by atoms with Gasteiger partial charge in [0.1, 0.15) is 11.5 Å². The molecule has 3 rings (SSSR count). The Labute approximate surface area is 114 Å². The maximum Gasteiger partial charge on any atom is 0.117 e. The summed E-state index contributed by atoms with van der Waals surface area (Å²) in [4.78, 5) is 0. The van der Waals surface area contributed by atoms with Crippen molar-refractivity contribution in [1.29, 1.82) is 0 Å². The number of hydrogen-bond donors (Lipinski definition) is 1. The summed E-state index contributed by atoms with van der Waals surface area (Å²) in [6.07, 6.45) is 1.28. The molecule has 2 heteroatoms. The molecule has 2 unspecified atom stereocenters. The van der Waals surface area contributed by atoms with Crippen LogP contribution in [-0.4, -0.2) is 0 Å². The van der Waals surface area contributed by atoms with Crippen LogP contribution in [0.15, 0.2) is 40.8 Å². The predicted octanol–water partition coefficient (Wildman–Crippen LogP) is 4.00. The van der Waals surface area contributed by atoms with Gasteiger partial charge in [0.05, 0.1) is 6.54 Å². The van der Waals surface area contributed by atoms with Gasteiger partial charge in [0.15, 0.2) is 0 Å². The maximum atomic E-state index is 5.87. The van der Waals surface area contributed by atoms with Gasteiger partial charge in [-0.25, -0.2) is 0 Å². The van der Waals surface area contributed by atoms with Crippen molar-refractivity contribution in [2.45, 2.75) is 39.3 Å². The maximum absolute atomic E-state index is 5.87. The molecule has 2 atom stereocenters. The number of aryl methyl sites for hydroxylation is 1. The van der Waals surface area contributed by atoms with Gasteiger partial charge in [0, 0.05) is 12.5 Å². The molecule has 0 saturated heterocycles. The van der Waals surface area contributed by atoms with E-state index < -0.39 is 0 Å². The quantitative estimate of drug-likeness (QED) is 0.873. The lowest BCUT2D eigenvalue weighted by molar-refractivity contribution is 0.444. The summed E-state index contributed by atoms with van der Waals surface area (Å²) in [6, 6.07) is 12.9. The van der Waals surface area contributed by atoms with Crippen LogP contribution in [0, 0.1) is 12.8 Å². The summed E-state index contributed by atoms with van der Waals surface area (Å²) in [6.45, 7) is 6.08. The van der Waals surface area contributed by atoms with Gasteiger partial charge in [-0.2, -0.15) is 0 Å². The van der Waals surface area contributed by atoms with Crippen molar-refractivity contribution >= 4 is 0 Å². The first-order valence-electron chi connectivity index (χ1n) is 7.07. The minimum absolute atomic E-state index is 0.672. The molecule has 0 aliphatic heterocycles. The average molecular weight is 255 g/mol. The van der Waals surface area contributed by atoms with E-state index in [1.54, 1.807) is 0 Å². The molecule has 0 radical (unpaired) electrons. The number of benzene rings is 1. The molecule has 1 aliphatic rings. The third-order valence-electron chi connectivity index (χ3n) is 3.91. The Kier molecular flexibility index (Phi) is 3.43. The molecule has 0 bridgehead atoms. The van der Waals surface area contributed by atoms with Crippen LogP contribution in [0.1, 0.15) is 41.9 Å². The van der Waals surface area contributed by atoms with E-state index in [4.69, 9.17) is 4.42 Å². The van der Waals surface area contributed by atoms with Gasteiger partial charge >= 0.3 is 0 Å². The topological polar surface area (TPSA) is 25.2 Å². The minimum Gasteiger partial charge on any atom is -0.464 e. The van der Waals surface area contributed by atoms with Crippen molar-refractivity contribution in [3.63, 3.8) is 0 Å². The van der Waals surface area contributed by atoms with E-state index in [1.165, 1.54) is 23.3 Å². The highest BCUT2D eigenvalue weighted by atomic mass is 16.3. The summed E-state index contributed by atoms with van der Waals surface area (Å²) < 4.78 is 5.87. The Balaban J connectivity index is 1.49. The Morgan fingerprint density at radius 1 is 1.11 bits per heavy atom. The summed E-state index contributed by atoms with van der Waals surface area (Å²) in [5.41, 5.74) is 2.62. The van der Waals surface area contributed by atoms with Crippen LogP contribution in [0.2, 0.25) is 0 Å². The fourth-order valence-corrected chi connectivity index (χ4v) is 2.44. The summed E-state index contributed by atoms with van der Waals surface area (Å²) in [5.74, 6) is 3.69. The summed E-state index contributed by atoms with van der Waals surface area (Å²) in [7, 11) is 0. The van der Waals surface area contributed by atoms with Crippen molar-refractivity contribution in [2.75, 3.05) is 0 Å². The van der Waals surface area contributed by atoms with Crippen molar-refractivity contribution in [3.8, 4) is 0 Å². The standard InChI is InChI=1S/C17H21NO/c1-12-3-5-14(6-4-12)10-18-11-15-7-8-17(19-15)16-9-13(16)2/h3-8,13,16,18H,9-11H2,1-2H3. The first kappa shape index (κ1) is 12.5. The predicted molar refractivity (Wildman–Crippen MR) is 77.0 cm³/mol. The fraction of sp³-hybridized carbons (Fsp3) is 0.412. The second kappa shape index (κ2) is 5.22. The lowest BCUT2D eigenvalue weighted by Crippen LogP contribution is -2.11. The van der Waals surface area contributed by atoms with Crippen LogP contribution >= 0.6 is 0 Å². The molecule has 0 amide bonds. The summed E-state index contributed by atoms with van der Waals surface area (Å²) in [5, 5.41) is 3.43. The van der Waals surface area contributed by atoms with E-state index in [0.29, 0.717) is 5.92 Å². The van der Waals surface area contributed by atoms with Crippen LogP contribution in [-0.2, 0) is 13.1 Å². The van der Waals surface area contributed by atoms with Crippen LogP contribution in [0.5, 0.6) is 0 Å². The summed E-state index contributed by atoms with van der Waals surface area (Å²) >= 11 is 0. The molecule has 1 N–H and O–H groups in total. The molecule has 1 aromatic heterocycles. The molecule has 1 aromatic carbocycles. The van der Waals surface area contributed by atoms with Crippen LogP contribution in [0.4, 0.5) is 0 Å². The second-order valence-corrected chi connectivity index (χ2v) is 5.71. The molecular weight excluding hydrogens is 234 g/mol. The molecule has 1 heterocycles. The van der Waals surface area contributed by atoms with Crippen molar-refractivity contribution in [1.82, 2.24) is 5.32 Å². The van der Waals surface area contributed by atoms with E-state index >= 15 is 0 Å². The normalized spacial score (nSPS) is 21.6. The number of hydrogen-bond acceptors (Lipinski definition) is 2. The molecule has 1 aliphatic carbocycles. The van der Waals surface area contributed by atoms with E-state index in [2.05, 4.69) is 55.6 Å². The Hall–Kier alpha value is -1.54. The van der Waals surface area contributed by atoms with Crippen molar-refractivity contribution < 1.29 is 4.42 Å². The molecule has 1 fully saturated rings. The van der Waals surface area contributed by atoms with E-state index in [0.717, 1.165) is 24.8 Å². The number of furan rings is 1. The first-order valence-corrected chi connectivity index (χ1v) is 7.07. The largest absolute Gasteiger partial charge is 0.464 e. The zero-order chi connectivity index (χ0) is 13.2. The smallest absolute Gasteiger partial charge is 0.117 e. The fourth-order valence-electron chi connectivity index (χ4n) is 2.44. The van der Waals surface area contributed by atoms with Crippen molar-refractivity contribution in [3.05, 3.63) is 59.0 Å². The van der Waals surface area contributed by atoms with E-state index in [9.17, 15) is 0 Å². The van der Waals surface area contributed by atoms with Gasteiger partial charge in [-0.15, -0.1) is 0 Å². The first-order chi connectivity index (χ1) is 9.22. The highest BCUT2D eigenvalue weighted by Crippen LogP contribution is 2.47. The van der Waals surface area contributed by atoms with Gasteiger partial charge in [-0.3, -0.25) is 0 Å². The van der Waals surface area contributed by atoms with Gasteiger partial charge in [-0.1, -0.05) is 36.8 Å². The van der Waals surface area contributed by atoms with Gasteiger partial charge in [-0.05, 0) is 37.0 Å². The van der Waals surface area contributed by atoms with Gasteiger partial charge < -0.3 is 9.73 Å². The Morgan fingerprint density at radius 2 is 1.84 bits per heavy atom. The van der Waals surface area contributed by atoms with Crippen molar-refractivity contribution in [2.24, 2.45) is 5.92 Å². The molecule has 19 heavy (non-hydrogen) atoms. The average Bonchev–Trinajstić information content (AvgIpc) is 2.96. The van der Waals surface area contributed by atoms with E-state index in [-0.39, 0.29) is 0 Å². The highest BCUT2D eigenvalue weighted by Gasteiger charge is 2.36. The van der Waals surface area contributed by atoms with Crippen LogP contribution in [0.3, 0.4) is 0 Å². The number of nitrogens with one attached hydrogen (secondary N) is 1. The lowest BCUT2D eigenvalue weighted by Gasteiger charge is -2.03. The van der Waals surface area contributed by atoms with Crippen LogP contribution < -0.4 is 5.32 Å². The molecule has 2 nitrogen and oxygen atoms in total. The van der Waals surface area contributed by atoms with E-state index in [1.807, 2.05) is 0 Å². The molecule has 1 saturated carbocycles. The van der Waals surface area contributed by atoms with Crippen LogP contribution in [0.25, 0.3) is 0 Å². The zero-order valence-electron chi connectivity index (χ0n) is 11.6. The lowest BCUT2D eigenvalue weighted by atomic mass is 10.1. The molecule has 2 aromatic rings. The highest BCUT2D eigenvalue weighted by molar-refractivity contribution is 5.21. The second-order valence-electron chi connectivity index (χ2n) is 5.71. The zero-order valence-corrected chi connectivity index (χ0v) is 11.6. The minimum atomic E-state index is 0.672. The molecular formula is C17H21NO. The SMILES string of the molecule is Cc1ccc(CNCc2ccc(C3CC3C)o2)cc1. The molecule has 100 valence electrons. The third kappa shape index (κ3) is 3.07. The molecule has 0 spiro atoms. The van der Waals surface area contributed by atoms with Gasteiger partial charge in [0.25, 0.3) is 0 Å². The third-order valence-corrected chi connectivity index (χ3v) is 3.91. The Bertz CT molecular complexity index is 541. The monoisotopic (exact) mass is 255 g/mol. The Morgan fingerprint density at radius 3 is 2.53 bits per heavy atom. The number of rotatable bonds is 5.